The second kappa shape index (κ2) is 5.11. The molecular formula is C10H13N5O. The zero-order chi connectivity index (χ0) is 11.2. The van der Waals surface area contributed by atoms with Gasteiger partial charge in [0.2, 0.25) is 0 Å². The highest BCUT2D eigenvalue weighted by Gasteiger charge is 1.99. The minimum atomic E-state index is 0.488. The number of tetrazole rings is 1. The van der Waals surface area contributed by atoms with Crippen molar-refractivity contribution >= 4 is 5.95 Å². The van der Waals surface area contributed by atoms with E-state index in [1.54, 1.807) is 0 Å². The van der Waals surface area contributed by atoms with E-state index >= 15 is 0 Å². The van der Waals surface area contributed by atoms with Gasteiger partial charge in [0.15, 0.2) is 0 Å². The number of anilines is 1. The summed E-state index contributed by atoms with van der Waals surface area (Å²) in [6, 6.07) is 7.88. The van der Waals surface area contributed by atoms with E-state index in [4.69, 9.17) is 4.74 Å². The van der Waals surface area contributed by atoms with Gasteiger partial charge in [-0.1, -0.05) is 17.2 Å². The van der Waals surface area contributed by atoms with E-state index in [-0.39, 0.29) is 0 Å². The second-order valence-corrected chi connectivity index (χ2v) is 3.17. The van der Waals surface area contributed by atoms with Crippen LogP contribution >= 0.6 is 0 Å². The van der Waals surface area contributed by atoms with Crippen molar-refractivity contribution < 1.29 is 4.74 Å². The van der Waals surface area contributed by atoms with E-state index in [1.807, 2.05) is 31.2 Å². The topological polar surface area (TPSA) is 75.7 Å². The van der Waals surface area contributed by atoms with Crippen LogP contribution in [0.2, 0.25) is 0 Å². The van der Waals surface area contributed by atoms with E-state index in [9.17, 15) is 0 Å². The SMILES string of the molecule is CCOc1cccc(CNc2nn[nH]n2)c1. The summed E-state index contributed by atoms with van der Waals surface area (Å²) in [5.74, 6) is 1.36. The smallest absolute Gasteiger partial charge is 0.263 e. The summed E-state index contributed by atoms with van der Waals surface area (Å²) in [7, 11) is 0. The number of H-pyrrole nitrogens is 1. The molecule has 2 rings (SSSR count). The maximum absolute atomic E-state index is 5.41. The molecule has 0 aliphatic heterocycles. The zero-order valence-corrected chi connectivity index (χ0v) is 8.97. The fourth-order valence-corrected chi connectivity index (χ4v) is 1.33. The number of ether oxygens (including phenoxy) is 1. The third kappa shape index (κ3) is 2.69. The Morgan fingerprint density at radius 2 is 2.38 bits per heavy atom. The molecule has 2 aromatic rings. The molecule has 0 aliphatic rings. The Morgan fingerprint density at radius 3 is 3.12 bits per heavy atom. The van der Waals surface area contributed by atoms with Crippen LogP contribution < -0.4 is 10.1 Å². The summed E-state index contributed by atoms with van der Waals surface area (Å²) in [5, 5.41) is 16.5. The normalized spacial score (nSPS) is 10.1. The molecule has 0 radical (unpaired) electrons. The van der Waals surface area contributed by atoms with Crippen LogP contribution in [0.5, 0.6) is 5.75 Å². The Kier molecular flexibility index (Phi) is 3.32. The molecule has 1 heterocycles. The van der Waals surface area contributed by atoms with Crippen LogP contribution in [0.15, 0.2) is 24.3 Å². The van der Waals surface area contributed by atoms with Gasteiger partial charge in [0, 0.05) is 6.54 Å². The van der Waals surface area contributed by atoms with E-state index in [0.717, 1.165) is 11.3 Å². The van der Waals surface area contributed by atoms with Crippen molar-refractivity contribution in [3.8, 4) is 5.75 Å². The van der Waals surface area contributed by atoms with Crippen molar-refractivity contribution in [1.29, 1.82) is 0 Å². The maximum Gasteiger partial charge on any atom is 0.263 e. The lowest BCUT2D eigenvalue weighted by molar-refractivity contribution is 0.340. The van der Waals surface area contributed by atoms with Crippen LogP contribution in [0, 0.1) is 0 Å². The molecule has 0 aliphatic carbocycles. The van der Waals surface area contributed by atoms with E-state index in [1.165, 1.54) is 0 Å². The molecule has 0 bridgehead atoms. The number of hydrogen-bond donors (Lipinski definition) is 2. The molecule has 84 valence electrons. The zero-order valence-electron chi connectivity index (χ0n) is 8.97. The molecular weight excluding hydrogens is 206 g/mol. The van der Waals surface area contributed by atoms with Crippen LogP contribution in [0.3, 0.4) is 0 Å². The van der Waals surface area contributed by atoms with Crippen LogP contribution in [0.1, 0.15) is 12.5 Å². The first-order chi connectivity index (χ1) is 7.88. The molecule has 0 fully saturated rings. The number of aromatic nitrogens is 4. The quantitative estimate of drug-likeness (QED) is 0.790. The fraction of sp³-hybridized carbons (Fsp3) is 0.300. The first-order valence-electron chi connectivity index (χ1n) is 5.07. The van der Waals surface area contributed by atoms with E-state index < -0.39 is 0 Å². The van der Waals surface area contributed by atoms with Gasteiger partial charge < -0.3 is 10.1 Å². The Labute approximate surface area is 93.0 Å². The van der Waals surface area contributed by atoms with Crippen LogP contribution in [0.4, 0.5) is 5.95 Å². The Balaban J connectivity index is 1.96. The molecule has 2 N–H and O–H groups in total. The summed E-state index contributed by atoms with van der Waals surface area (Å²) < 4.78 is 5.41. The predicted molar refractivity (Wildman–Crippen MR) is 59.1 cm³/mol. The number of rotatable bonds is 5. The fourth-order valence-electron chi connectivity index (χ4n) is 1.33. The number of nitrogens with zero attached hydrogens (tertiary/aromatic N) is 3. The van der Waals surface area contributed by atoms with Gasteiger partial charge in [-0.15, -0.1) is 5.10 Å². The number of nitrogens with one attached hydrogen (secondary N) is 2. The Hall–Kier alpha value is -2.11. The molecule has 1 aromatic heterocycles. The Bertz CT molecular complexity index is 429. The molecule has 0 saturated heterocycles. The van der Waals surface area contributed by atoms with Crippen molar-refractivity contribution in [2.45, 2.75) is 13.5 Å². The van der Waals surface area contributed by atoms with Gasteiger partial charge in [-0.05, 0) is 29.8 Å². The second-order valence-electron chi connectivity index (χ2n) is 3.17. The largest absolute Gasteiger partial charge is 0.494 e. The monoisotopic (exact) mass is 219 g/mol. The molecule has 16 heavy (non-hydrogen) atoms. The first kappa shape index (κ1) is 10.4. The summed E-state index contributed by atoms with van der Waals surface area (Å²) in [5.41, 5.74) is 1.11. The standard InChI is InChI=1S/C10H13N5O/c1-2-16-9-5-3-4-8(6-9)7-11-10-12-14-15-13-10/h3-6H,2,7H2,1H3,(H2,11,12,13,14,15). The Morgan fingerprint density at radius 1 is 1.44 bits per heavy atom. The van der Waals surface area contributed by atoms with Gasteiger partial charge in [-0.25, -0.2) is 0 Å². The van der Waals surface area contributed by atoms with Gasteiger partial charge in [0.25, 0.3) is 5.95 Å². The predicted octanol–water partition coefficient (Wildman–Crippen LogP) is 1.21. The molecule has 0 saturated carbocycles. The molecule has 0 atom stereocenters. The average Bonchev–Trinajstić information content (AvgIpc) is 2.80. The third-order valence-electron chi connectivity index (χ3n) is 2.01. The van der Waals surface area contributed by atoms with Crippen molar-refractivity contribution in [3.05, 3.63) is 29.8 Å². The highest BCUT2D eigenvalue weighted by atomic mass is 16.5. The van der Waals surface area contributed by atoms with Crippen molar-refractivity contribution in [3.63, 3.8) is 0 Å². The summed E-state index contributed by atoms with van der Waals surface area (Å²) in [4.78, 5) is 0. The molecule has 6 nitrogen and oxygen atoms in total. The summed E-state index contributed by atoms with van der Waals surface area (Å²) in [6.45, 7) is 3.27. The lowest BCUT2D eigenvalue weighted by atomic mass is 10.2. The van der Waals surface area contributed by atoms with Crippen molar-refractivity contribution in [1.82, 2.24) is 20.6 Å². The number of benzene rings is 1. The first-order valence-corrected chi connectivity index (χ1v) is 5.07. The van der Waals surface area contributed by atoms with Crippen LogP contribution in [-0.4, -0.2) is 27.2 Å². The average molecular weight is 219 g/mol. The minimum absolute atomic E-state index is 0.488. The molecule has 0 amide bonds. The minimum Gasteiger partial charge on any atom is -0.494 e. The number of aromatic amines is 1. The third-order valence-corrected chi connectivity index (χ3v) is 2.01. The van der Waals surface area contributed by atoms with Crippen LogP contribution in [-0.2, 0) is 6.54 Å². The van der Waals surface area contributed by atoms with E-state index in [2.05, 4.69) is 25.9 Å². The summed E-state index contributed by atoms with van der Waals surface area (Å²) >= 11 is 0. The lowest BCUT2D eigenvalue weighted by Crippen LogP contribution is -2.01. The molecule has 0 spiro atoms. The summed E-state index contributed by atoms with van der Waals surface area (Å²) in [6.07, 6.45) is 0. The van der Waals surface area contributed by atoms with Crippen molar-refractivity contribution in [2.24, 2.45) is 0 Å². The maximum atomic E-state index is 5.41. The lowest BCUT2D eigenvalue weighted by Gasteiger charge is -2.06. The van der Waals surface area contributed by atoms with E-state index in [0.29, 0.717) is 19.1 Å². The van der Waals surface area contributed by atoms with Crippen LogP contribution in [0.25, 0.3) is 0 Å². The van der Waals surface area contributed by atoms with Gasteiger partial charge in [-0.3, -0.25) is 0 Å². The van der Waals surface area contributed by atoms with Gasteiger partial charge in [0.05, 0.1) is 6.61 Å². The highest BCUT2D eigenvalue weighted by molar-refractivity contribution is 5.31. The number of hydrogen-bond acceptors (Lipinski definition) is 5. The molecule has 6 heteroatoms. The van der Waals surface area contributed by atoms with Crippen molar-refractivity contribution in [2.75, 3.05) is 11.9 Å². The molecule has 0 unspecified atom stereocenters. The van der Waals surface area contributed by atoms with Gasteiger partial charge >= 0.3 is 0 Å². The van der Waals surface area contributed by atoms with Gasteiger partial charge in [-0.2, -0.15) is 5.21 Å². The highest BCUT2D eigenvalue weighted by Crippen LogP contribution is 2.13. The molecule has 1 aromatic carbocycles. The van der Waals surface area contributed by atoms with Gasteiger partial charge in [0.1, 0.15) is 5.75 Å².